The summed E-state index contributed by atoms with van der Waals surface area (Å²) in [6.07, 6.45) is 10.1. The third-order valence-electron chi connectivity index (χ3n) is 4.41. The SMILES string of the molecule is C=C/C=C(\OC)SNC(=O)Nc1c2c(cc3c1CCC3)CCC2. The number of carbonyl (C=O) groups is 1. The normalized spacial score (nSPS) is 15.8. The first-order valence-corrected chi connectivity index (χ1v) is 8.81. The highest BCUT2D eigenvalue weighted by Gasteiger charge is 2.24. The molecule has 0 fully saturated rings. The third kappa shape index (κ3) is 3.39. The van der Waals surface area contributed by atoms with E-state index in [2.05, 4.69) is 22.7 Å². The quantitative estimate of drug-likeness (QED) is 0.485. The van der Waals surface area contributed by atoms with Crippen LogP contribution in [0.1, 0.15) is 35.1 Å². The fraction of sp³-hybridized carbons (Fsp3) is 0.389. The van der Waals surface area contributed by atoms with Crippen molar-refractivity contribution >= 4 is 23.7 Å². The summed E-state index contributed by atoms with van der Waals surface area (Å²) in [5.74, 6) is 0. The van der Waals surface area contributed by atoms with Crippen molar-refractivity contribution in [3.05, 3.63) is 52.1 Å². The molecule has 2 N–H and O–H groups in total. The van der Waals surface area contributed by atoms with Gasteiger partial charge in [-0.2, -0.15) is 0 Å². The van der Waals surface area contributed by atoms with Crippen molar-refractivity contribution in [2.24, 2.45) is 0 Å². The molecule has 0 radical (unpaired) electrons. The van der Waals surface area contributed by atoms with Gasteiger partial charge in [-0.05, 0) is 66.9 Å². The van der Waals surface area contributed by atoms with E-state index in [0.29, 0.717) is 5.09 Å². The molecule has 0 saturated heterocycles. The number of ether oxygens (including phenoxy) is 1. The van der Waals surface area contributed by atoms with Gasteiger partial charge in [-0.25, -0.2) is 4.79 Å². The van der Waals surface area contributed by atoms with Crippen molar-refractivity contribution in [1.29, 1.82) is 0 Å². The smallest absolute Gasteiger partial charge is 0.329 e. The van der Waals surface area contributed by atoms with Crippen LogP contribution in [-0.2, 0) is 30.4 Å². The van der Waals surface area contributed by atoms with E-state index >= 15 is 0 Å². The molecule has 2 amide bonds. The Labute approximate surface area is 141 Å². The summed E-state index contributed by atoms with van der Waals surface area (Å²) in [5.41, 5.74) is 6.55. The average Bonchev–Trinajstić information content (AvgIpc) is 3.19. The van der Waals surface area contributed by atoms with Gasteiger partial charge in [0.1, 0.15) is 0 Å². The van der Waals surface area contributed by atoms with Gasteiger partial charge in [0.2, 0.25) is 0 Å². The molecule has 0 aliphatic heterocycles. The Morgan fingerprint density at radius 3 is 2.43 bits per heavy atom. The standard InChI is InChI=1S/C18H22N2O2S/c1-3-6-16(22-2)23-20-18(21)19-17-14-9-4-7-12(14)11-13-8-5-10-15(13)17/h3,6,11H,1,4-5,7-10H2,2H3,(H2,19,20,21)/b16-6+. The minimum absolute atomic E-state index is 0.212. The summed E-state index contributed by atoms with van der Waals surface area (Å²) in [4.78, 5) is 12.3. The number of fused-ring (bicyclic) bond motifs is 2. The van der Waals surface area contributed by atoms with Crippen LogP contribution < -0.4 is 10.0 Å². The number of hydrogen-bond donors (Lipinski definition) is 2. The summed E-state index contributed by atoms with van der Waals surface area (Å²) < 4.78 is 7.92. The number of benzene rings is 1. The second kappa shape index (κ2) is 7.13. The molecule has 5 heteroatoms. The molecule has 1 aromatic carbocycles. The summed E-state index contributed by atoms with van der Waals surface area (Å²) in [6, 6.07) is 2.15. The minimum atomic E-state index is -0.212. The van der Waals surface area contributed by atoms with Gasteiger partial charge in [0.05, 0.1) is 7.11 Å². The lowest BCUT2D eigenvalue weighted by Crippen LogP contribution is -2.24. The van der Waals surface area contributed by atoms with Crippen LogP contribution in [0.3, 0.4) is 0 Å². The number of rotatable bonds is 5. The molecule has 1 aromatic rings. The van der Waals surface area contributed by atoms with E-state index in [0.717, 1.165) is 43.3 Å². The number of allylic oxidation sites excluding steroid dienone is 2. The number of urea groups is 1. The Morgan fingerprint density at radius 1 is 1.22 bits per heavy atom. The molecule has 23 heavy (non-hydrogen) atoms. The zero-order valence-electron chi connectivity index (χ0n) is 13.4. The molecule has 0 spiro atoms. The van der Waals surface area contributed by atoms with Crippen LogP contribution in [0.4, 0.5) is 10.5 Å². The van der Waals surface area contributed by atoms with E-state index < -0.39 is 0 Å². The van der Waals surface area contributed by atoms with E-state index in [9.17, 15) is 4.79 Å². The molecule has 0 saturated carbocycles. The van der Waals surface area contributed by atoms with Crippen molar-refractivity contribution in [3.8, 4) is 0 Å². The second-order valence-corrected chi connectivity index (χ2v) is 6.63. The molecule has 2 aliphatic carbocycles. The minimum Gasteiger partial charge on any atom is -0.489 e. The first-order chi connectivity index (χ1) is 11.2. The van der Waals surface area contributed by atoms with Crippen molar-refractivity contribution in [1.82, 2.24) is 4.72 Å². The molecule has 3 rings (SSSR count). The molecule has 0 heterocycles. The highest BCUT2D eigenvalue weighted by molar-refractivity contribution is 8.01. The average molecular weight is 330 g/mol. The molecule has 0 unspecified atom stereocenters. The van der Waals surface area contributed by atoms with E-state index in [4.69, 9.17) is 4.74 Å². The zero-order valence-corrected chi connectivity index (χ0v) is 14.2. The second-order valence-electron chi connectivity index (χ2n) is 5.82. The Hall–Kier alpha value is -1.88. The predicted octanol–water partition coefficient (Wildman–Crippen LogP) is 4.11. The highest BCUT2D eigenvalue weighted by atomic mass is 32.2. The van der Waals surface area contributed by atoms with Gasteiger partial charge in [0.15, 0.2) is 5.09 Å². The third-order valence-corrected chi connectivity index (χ3v) is 5.20. The monoisotopic (exact) mass is 330 g/mol. The summed E-state index contributed by atoms with van der Waals surface area (Å²) >= 11 is 1.15. The topological polar surface area (TPSA) is 50.4 Å². The van der Waals surface area contributed by atoms with E-state index in [1.54, 1.807) is 19.3 Å². The van der Waals surface area contributed by atoms with Crippen LogP contribution in [0.5, 0.6) is 0 Å². The van der Waals surface area contributed by atoms with Gasteiger partial charge in [-0.15, -0.1) is 0 Å². The highest BCUT2D eigenvalue weighted by Crippen LogP contribution is 2.38. The molecule has 2 aliphatic rings. The molecule has 0 atom stereocenters. The number of carbonyl (C=O) groups excluding carboxylic acids is 1. The largest absolute Gasteiger partial charge is 0.489 e. The first-order valence-electron chi connectivity index (χ1n) is 8.00. The number of anilines is 1. The molecular weight excluding hydrogens is 308 g/mol. The van der Waals surface area contributed by atoms with Crippen LogP contribution >= 0.6 is 11.9 Å². The number of hydrogen-bond acceptors (Lipinski definition) is 3. The predicted molar refractivity (Wildman–Crippen MR) is 95.5 cm³/mol. The summed E-state index contributed by atoms with van der Waals surface area (Å²) in [6.45, 7) is 3.62. The molecule has 0 aromatic heterocycles. The van der Waals surface area contributed by atoms with E-state index in [-0.39, 0.29) is 6.03 Å². The Balaban J connectivity index is 1.74. The molecule has 4 nitrogen and oxygen atoms in total. The van der Waals surface area contributed by atoms with Crippen molar-refractivity contribution < 1.29 is 9.53 Å². The van der Waals surface area contributed by atoms with Gasteiger partial charge in [-0.1, -0.05) is 18.7 Å². The van der Waals surface area contributed by atoms with E-state index in [1.165, 1.54) is 35.1 Å². The van der Waals surface area contributed by atoms with Gasteiger partial charge >= 0.3 is 6.03 Å². The summed E-state index contributed by atoms with van der Waals surface area (Å²) in [7, 11) is 1.57. The van der Waals surface area contributed by atoms with E-state index in [1.807, 2.05) is 0 Å². The summed E-state index contributed by atoms with van der Waals surface area (Å²) in [5, 5.41) is 3.68. The lowest BCUT2D eigenvalue weighted by atomic mass is 9.99. The van der Waals surface area contributed by atoms with Crippen LogP contribution in [0, 0.1) is 0 Å². The fourth-order valence-electron chi connectivity index (χ4n) is 3.44. The Morgan fingerprint density at radius 2 is 1.87 bits per heavy atom. The molecular formula is C18H22N2O2S. The first kappa shape index (κ1) is 16.0. The van der Waals surface area contributed by atoms with Crippen LogP contribution in [0.25, 0.3) is 0 Å². The van der Waals surface area contributed by atoms with Crippen LogP contribution in [0.15, 0.2) is 29.9 Å². The van der Waals surface area contributed by atoms with Gasteiger partial charge in [0.25, 0.3) is 0 Å². The zero-order chi connectivity index (χ0) is 16.2. The maximum Gasteiger partial charge on any atom is 0.329 e. The number of methoxy groups -OCH3 is 1. The van der Waals surface area contributed by atoms with Gasteiger partial charge in [0, 0.05) is 17.6 Å². The Bertz CT molecular complexity index is 635. The lowest BCUT2D eigenvalue weighted by molar-refractivity contribution is 0.257. The van der Waals surface area contributed by atoms with Gasteiger partial charge in [-0.3, -0.25) is 4.72 Å². The molecule has 122 valence electrons. The number of aryl methyl sites for hydroxylation is 2. The number of nitrogens with one attached hydrogen (secondary N) is 2. The van der Waals surface area contributed by atoms with Gasteiger partial charge < -0.3 is 10.1 Å². The van der Waals surface area contributed by atoms with Crippen molar-refractivity contribution in [3.63, 3.8) is 0 Å². The fourth-order valence-corrected chi connectivity index (χ4v) is 3.93. The number of amides is 2. The molecule has 0 bridgehead atoms. The van der Waals surface area contributed by atoms with Crippen molar-refractivity contribution in [2.75, 3.05) is 12.4 Å². The maximum atomic E-state index is 12.3. The lowest BCUT2D eigenvalue weighted by Gasteiger charge is -2.16. The maximum absolute atomic E-state index is 12.3. The Kier molecular flexibility index (Phi) is 4.96. The van der Waals surface area contributed by atoms with Crippen LogP contribution in [-0.4, -0.2) is 13.1 Å². The van der Waals surface area contributed by atoms with Crippen LogP contribution in [0.2, 0.25) is 0 Å². The van der Waals surface area contributed by atoms with Crippen molar-refractivity contribution in [2.45, 2.75) is 38.5 Å².